The molecule has 0 saturated heterocycles. The van der Waals surface area contributed by atoms with Crippen molar-refractivity contribution in [3.05, 3.63) is 23.9 Å². The lowest BCUT2D eigenvalue weighted by Crippen LogP contribution is -2.31. The van der Waals surface area contributed by atoms with E-state index in [-0.39, 0.29) is 0 Å². The molecule has 0 aromatic carbocycles. The summed E-state index contributed by atoms with van der Waals surface area (Å²) in [5.41, 5.74) is 0.656. The van der Waals surface area contributed by atoms with Gasteiger partial charge in [-0.3, -0.25) is 4.79 Å². The van der Waals surface area contributed by atoms with E-state index in [4.69, 9.17) is 0 Å². The van der Waals surface area contributed by atoms with Gasteiger partial charge < -0.3 is 4.90 Å². The van der Waals surface area contributed by atoms with Crippen molar-refractivity contribution < 1.29 is 4.79 Å². The molecule has 1 heterocycles. The third-order valence-electron chi connectivity index (χ3n) is 2.18. The molecule has 0 fully saturated rings. The molecule has 3 nitrogen and oxygen atoms in total. The van der Waals surface area contributed by atoms with E-state index in [2.05, 4.69) is 30.7 Å². The molecule has 0 amide bonds. The maximum absolute atomic E-state index is 10.8. The maximum Gasteiger partial charge on any atom is 0.153 e. The number of aldehydes is 1. The van der Waals surface area contributed by atoms with Crippen LogP contribution in [0.15, 0.2) is 18.3 Å². The van der Waals surface area contributed by atoms with E-state index in [1.165, 1.54) is 0 Å². The van der Waals surface area contributed by atoms with Crippen molar-refractivity contribution in [2.24, 2.45) is 0 Å². The number of aromatic nitrogens is 1. The molecule has 0 aliphatic carbocycles. The maximum atomic E-state index is 10.8. The molecule has 1 rings (SSSR count). The Balaban J connectivity index is 3.08. The first-order valence-electron chi connectivity index (χ1n) is 4.87. The SMILES string of the molecule is CCN(c1ncccc1C=O)C(C)C. The predicted molar refractivity (Wildman–Crippen MR) is 57.8 cm³/mol. The number of nitrogens with zero attached hydrogens (tertiary/aromatic N) is 2. The molecule has 1 aromatic rings. The predicted octanol–water partition coefficient (Wildman–Crippen LogP) is 2.13. The molecule has 0 unspecified atom stereocenters. The Morgan fingerprint density at radius 1 is 1.57 bits per heavy atom. The molecule has 0 spiro atoms. The zero-order valence-electron chi connectivity index (χ0n) is 8.90. The molecule has 14 heavy (non-hydrogen) atoms. The van der Waals surface area contributed by atoms with Crippen LogP contribution in [-0.2, 0) is 0 Å². The highest BCUT2D eigenvalue weighted by Crippen LogP contribution is 2.17. The number of carbonyl (C=O) groups is 1. The second-order valence-electron chi connectivity index (χ2n) is 3.41. The summed E-state index contributed by atoms with van der Waals surface area (Å²) in [6.07, 6.45) is 2.57. The van der Waals surface area contributed by atoms with Crippen LogP contribution in [0.1, 0.15) is 31.1 Å². The van der Waals surface area contributed by atoms with Gasteiger partial charge in [0.2, 0.25) is 0 Å². The molecule has 0 N–H and O–H groups in total. The van der Waals surface area contributed by atoms with Gasteiger partial charge in [-0.1, -0.05) is 0 Å². The fourth-order valence-corrected chi connectivity index (χ4v) is 1.50. The third-order valence-corrected chi connectivity index (χ3v) is 2.18. The summed E-state index contributed by atoms with van der Waals surface area (Å²) in [5.74, 6) is 0.778. The van der Waals surface area contributed by atoms with Gasteiger partial charge in [-0.05, 0) is 32.9 Å². The van der Waals surface area contributed by atoms with Crippen LogP contribution in [0.4, 0.5) is 5.82 Å². The summed E-state index contributed by atoms with van der Waals surface area (Å²) in [6, 6.07) is 3.93. The lowest BCUT2D eigenvalue weighted by atomic mass is 10.2. The zero-order valence-corrected chi connectivity index (χ0v) is 8.90. The van der Waals surface area contributed by atoms with E-state index < -0.39 is 0 Å². The van der Waals surface area contributed by atoms with Crippen LogP contribution in [-0.4, -0.2) is 23.9 Å². The van der Waals surface area contributed by atoms with Crippen LogP contribution < -0.4 is 4.90 Å². The van der Waals surface area contributed by atoms with Gasteiger partial charge in [-0.2, -0.15) is 0 Å². The van der Waals surface area contributed by atoms with Crippen molar-refractivity contribution >= 4 is 12.1 Å². The van der Waals surface area contributed by atoms with Crippen molar-refractivity contribution in [3.8, 4) is 0 Å². The lowest BCUT2D eigenvalue weighted by molar-refractivity contribution is 0.112. The summed E-state index contributed by atoms with van der Waals surface area (Å²) in [6.45, 7) is 7.10. The molecule has 0 aliphatic rings. The number of hydrogen-bond acceptors (Lipinski definition) is 3. The lowest BCUT2D eigenvalue weighted by Gasteiger charge is -2.27. The zero-order chi connectivity index (χ0) is 10.6. The Morgan fingerprint density at radius 3 is 2.79 bits per heavy atom. The Kier molecular flexibility index (Phi) is 3.63. The van der Waals surface area contributed by atoms with Gasteiger partial charge in [0, 0.05) is 18.8 Å². The molecule has 0 radical (unpaired) electrons. The average molecular weight is 192 g/mol. The Bertz CT molecular complexity index is 310. The molecule has 0 aliphatic heterocycles. The minimum Gasteiger partial charge on any atom is -0.354 e. The number of carbonyl (C=O) groups excluding carboxylic acids is 1. The van der Waals surface area contributed by atoms with Gasteiger partial charge in [0.05, 0.1) is 5.56 Å². The van der Waals surface area contributed by atoms with Crippen LogP contribution in [0.2, 0.25) is 0 Å². The van der Waals surface area contributed by atoms with Crippen LogP contribution >= 0.6 is 0 Å². The van der Waals surface area contributed by atoms with Crippen molar-refractivity contribution in [2.45, 2.75) is 26.8 Å². The normalized spacial score (nSPS) is 10.3. The van der Waals surface area contributed by atoms with Crippen LogP contribution in [0.25, 0.3) is 0 Å². The first-order chi connectivity index (χ1) is 6.70. The summed E-state index contributed by atoms with van der Waals surface area (Å²) in [7, 11) is 0. The van der Waals surface area contributed by atoms with E-state index >= 15 is 0 Å². The Morgan fingerprint density at radius 2 is 2.29 bits per heavy atom. The van der Waals surface area contributed by atoms with Gasteiger partial charge in [-0.15, -0.1) is 0 Å². The molecule has 3 heteroatoms. The minimum atomic E-state index is 0.355. The second kappa shape index (κ2) is 4.74. The largest absolute Gasteiger partial charge is 0.354 e. The highest BCUT2D eigenvalue weighted by atomic mass is 16.1. The number of pyridine rings is 1. The molecule has 0 atom stereocenters. The average Bonchev–Trinajstić information content (AvgIpc) is 2.19. The standard InChI is InChI=1S/C11H16N2O/c1-4-13(9(2)3)11-10(8-14)6-5-7-12-11/h5-9H,4H2,1-3H3. The van der Waals surface area contributed by atoms with E-state index in [0.29, 0.717) is 11.6 Å². The van der Waals surface area contributed by atoms with Gasteiger partial charge in [0.1, 0.15) is 5.82 Å². The molecule has 1 aromatic heterocycles. The smallest absolute Gasteiger partial charge is 0.153 e. The minimum absolute atomic E-state index is 0.355. The van der Waals surface area contributed by atoms with Gasteiger partial charge in [0.15, 0.2) is 6.29 Å². The van der Waals surface area contributed by atoms with Crippen molar-refractivity contribution in [1.82, 2.24) is 4.98 Å². The van der Waals surface area contributed by atoms with Gasteiger partial charge in [-0.25, -0.2) is 4.98 Å². The summed E-state index contributed by atoms with van der Waals surface area (Å²) < 4.78 is 0. The van der Waals surface area contributed by atoms with Crippen molar-refractivity contribution in [1.29, 1.82) is 0 Å². The first-order valence-corrected chi connectivity index (χ1v) is 4.87. The number of rotatable bonds is 4. The highest BCUT2D eigenvalue weighted by Gasteiger charge is 2.12. The topological polar surface area (TPSA) is 33.2 Å². The Hall–Kier alpha value is -1.38. The molecule has 0 saturated carbocycles. The van der Waals surface area contributed by atoms with Crippen LogP contribution in [0.3, 0.4) is 0 Å². The second-order valence-corrected chi connectivity index (χ2v) is 3.41. The van der Waals surface area contributed by atoms with E-state index in [1.807, 2.05) is 0 Å². The summed E-state index contributed by atoms with van der Waals surface area (Å²) in [5, 5.41) is 0. The van der Waals surface area contributed by atoms with E-state index in [9.17, 15) is 4.79 Å². The number of hydrogen-bond donors (Lipinski definition) is 0. The quantitative estimate of drug-likeness (QED) is 0.685. The summed E-state index contributed by atoms with van der Waals surface area (Å²) in [4.78, 5) is 17.1. The fourth-order valence-electron chi connectivity index (χ4n) is 1.50. The van der Waals surface area contributed by atoms with Crippen molar-refractivity contribution in [3.63, 3.8) is 0 Å². The first kappa shape index (κ1) is 10.7. The van der Waals surface area contributed by atoms with Gasteiger partial charge in [0.25, 0.3) is 0 Å². The highest BCUT2D eigenvalue weighted by molar-refractivity contribution is 5.82. The Labute approximate surface area is 84.8 Å². The van der Waals surface area contributed by atoms with Gasteiger partial charge >= 0.3 is 0 Å². The van der Waals surface area contributed by atoms with Crippen LogP contribution in [0.5, 0.6) is 0 Å². The van der Waals surface area contributed by atoms with E-state index in [0.717, 1.165) is 18.6 Å². The molecular weight excluding hydrogens is 176 g/mol. The third kappa shape index (κ3) is 2.10. The number of anilines is 1. The molecule has 76 valence electrons. The van der Waals surface area contributed by atoms with Crippen LogP contribution in [0, 0.1) is 0 Å². The van der Waals surface area contributed by atoms with E-state index in [1.54, 1.807) is 18.3 Å². The van der Waals surface area contributed by atoms with Crippen molar-refractivity contribution in [2.75, 3.05) is 11.4 Å². The fraction of sp³-hybridized carbons (Fsp3) is 0.455. The molecular formula is C11H16N2O. The molecule has 0 bridgehead atoms. The summed E-state index contributed by atoms with van der Waals surface area (Å²) >= 11 is 0. The monoisotopic (exact) mass is 192 g/mol.